The van der Waals surface area contributed by atoms with E-state index in [4.69, 9.17) is 0 Å². The topological polar surface area (TPSA) is 88.9 Å². The molecule has 0 unspecified atom stereocenters. The largest absolute Gasteiger partial charge is 0.306 e. The first kappa shape index (κ1) is 17.0. The molecule has 132 valence electrons. The highest BCUT2D eigenvalue weighted by Gasteiger charge is 2.17. The molecule has 0 aliphatic carbocycles. The van der Waals surface area contributed by atoms with Crippen LogP contribution in [0.15, 0.2) is 87.4 Å². The lowest BCUT2D eigenvalue weighted by Crippen LogP contribution is -2.09. The summed E-state index contributed by atoms with van der Waals surface area (Å²) >= 11 is 1.32. The second-order valence-electron chi connectivity index (χ2n) is 5.79. The zero-order chi connectivity index (χ0) is 18.8. The van der Waals surface area contributed by atoms with Gasteiger partial charge in [-0.25, -0.2) is 4.98 Å². The van der Waals surface area contributed by atoms with Crippen LogP contribution in [0.2, 0.25) is 0 Å². The number of benzene rings is 3. The summed E-state index contributed by atoms with van der Waals surface area (Å²) in [7, 11) is 0. The predicted molar refractivity (Wildman–Crippen MR) is 105 cm³/mol. The number of nitro benzene ring substituents is 1. The number of nitro groups is 1. The van der Waals surface area contributed by atoms with E-state index >= 15 is 0 Å². The third-order valence-corrected chi connectivity index (χ3v) is 5.09. The molecule has 0 aliphatic heterocycles. The van der Waals surface area contributed by atoms with E-state index in [9.17, 15) is 14.9 Å². The molecule has 0 amide bonds. The molecule has 0 aliphatic rings. The van der Waals surface area contributed by atoms with Gasteiger partial charge in [0.2, 0.25) is 0 Å². The van der Waals surface area contributed by atoms with E-state index < -0.39 is 4.92 Å². The Balaban J connectivity index is 1.80. The maximum absolute atomic E-state index is 12.3. The van der Waals surface area contributed by atoms with Crippen LogP contribution in [0.5, 0.6) is 0 Å². The van der Waals surface area contributed by atoms with Crippen molar-refractivity contribution in [2.75, 3.05) is 0 Å². The molecule has 0 spiro atoms. The van der Waals surface area contributed by atoms with Gasteiger partial charge in [0.1, 0.15) is 5.82 Å². The van der Waals surface area contributed by atoms with E-state index in [0.717, 1.165) is 4.90 Å². The fourth-order valence-corrected chi connectivity index (χ4v) is 3.65. The SMILES string of the molecule is O=c1[nH]c(-c2ccc(Sc3ccccc3)c([N+](=O)[O-])c2)nc2ccccc12. The maximum atomic E-state index is 12.3. The summed E-state index contributed by atoms with van der Waals surface area (Å²) in [5.41, 5.74) is 0.724. The molecule has 0 saturated carbocycles. The number of nitrogens with zero attached hydrogens (tertiary/aromatic N) is 2. The van der Waals surface area contributed by atoms with Crippen LogP contribution in [0.25, 0.3) is 22.3 Å². The quantitative estimate of drug-likeness (QED) is 0.414. The maximum Gasteiger partial charge on any atom is 0.283 e. The van der Waals surface area contributed by atoms with E-state index in [1.807, 2.05) is 30.3 Å². The zero-order valence-corrected chi connectivity index (χ0v) is 14.8. The van der Waals surface area contributed by atoms with Crippen LogP contribution in [-0.2, 0) is 0 Å². The second kappa shape index (κ2) is 7.05. The van der Waals surface area contributed by atoms with Crippen molar-refractivity contribution >= 4 is 28.4 Å². The van der Waals surface area contributed by atoms with Gasteiger partial charge in [0.05, 0.1) is 20.7 Å². The van der Waals surface area contributed by atoms with Crippen molar-refractivity contribution in [2.45, 2.75) is 9.79 Å². The van der Waals surface area contributed by atoms with Crippen molar-refractivity contribution in [3.63, 3.8) is 0 Å². The fourth-order valence-electron chi connectivity index (χ4n) is 2.73. The van der Waals surface area contributed by atoms with Crippen LogP contribution >= 0.6 is 11.8 Å². The van der Waals surface area contributed by atoms with Crippen molar-refractivity contribution in [1.29, 1.82) is 0 Å². The summed E-state index contributed by atoms with van der Waals surface area (Å²) in [5.74, 6) is 0.304. The number of fused-ring (bicyclic) bond motifs is 1. The molecule has 4 rings (SSSR count). The van der Waals surface area contributed by atoms with E-state index in [0.29, 0.717) is 27.2 Å². The standard InChI is InChI=1S/C20H13N3O3S/c24-20-15-8-4-5-9-16(15)21-19(22-20)13-10-11-18(17(12-13)23(25)26)27-14-6-2-1-3-7-14/h1-12H,(H,21,22,24). The fraction of sp³-hybridized carbons (Fsp3) is 0. The van der Waals surface area contributed by atoms with Gasteiger partial charge in [0.15, 0.2) is 0 Å². The summed E-state index contributed by atoms with van der Waals surface area (Å²) in [6.07, 6.45) is 0. The van der Waals surface area contributed by atoms with Gasteiger partial charge in [0.25, 0.3) is 11.2 Å². The lowest BCUT2D eigenvalue weighted by atomic mass is 10.1. The third-order valence-electron chi connectivity index (χ3n) is 4.01. The Labute approximate surface area is 158 Å². The highest BCUT2D eigenvalue weighted by molar-refractivity contribution is 7.99. The molecule has 0 radical (unpaired) electrons. The molecule has 4 aromatic rings. The number of aromatic nitrogens is 2. The van der Waals surface area contributed by atoms with Crippen LogP contribution in [0.3, 0.4) is 0 Å². The molecule has 0 atom stereocenters. The Morgan fingerprint density at radius 3 is 2.48 bits per heavy atom. The lowest BCUT2D eigenvalue weighted by Gasteiger charge is -2.07. The van der Waals surface area contributed by atoms with Gasteiger partial charge in [-0.3, -0.25) is 14.9 Å². The van der Waals surface area contributed by atoms with E-state index in [1.54, 1.807) is 36.4 Å². The number of rotatable bonds is 4. The molecule has 0 bridgehead atoms. The van der Waals surface area contributed by atoms with Crippen LogP contribution in [0.1, 0.15) is 0 Å². The van der Waals surface area contributed by atoms with E-state index in [1.165, 1.54) is 17.8 Å². The van der Waals surface area contributed by atoms with Gasteiger partial charge in [0, 0.05) is 16.5 Å². The summed E-state index contributed by atoms with van der Waals surface area (Å²) < 4.78 is 0. The first-order valence-electron chi connectivity index (χ1n) is 8.12. The van der Waals surface area contributed by atoms with Gasteiger partial charge in [-0.2, -0.15) is 0 Å². The minimum Gasteiger partial charge on any atom is -0.306 e. The van der Waals surface area contributed by atoms with Gasteiger partial charge in [-0.15, -0.1) is 0 Å². The highest BCUT2D eigenvalue weighted by atomic mass is 32.2. The normalized spacial score (nSPS) is 10.8. The molecular formula is C20H13N3O3S. The Hall–Kier alpha value is -3.45. The molecule has 3 aromatic carbocycles. The van der Waals surface area contributed by atoms with Gasteiger partial charge in [-0.05, 0) is 36.4 Å². The van der Waals surface area contributed by atoms with Gasteiger partial charge < -0.3 is 4.98 Å². The van der Waals surface area contributed by atoms with Gasteiger partial charge >= 0.3 is 0 Å². The number of aromatic amines is 1. The highest BCUT2D eigenvalue weighted by Crippen LogP contribution is 2.36. The average molecular weight is 375 g/mol. The summed E-state index contributed by atoms with van der Waals surface area (Å²) in [6, 6.07) is 21.3. The predicted octanol–water partition coefficient (Wildman–Crippen LogP) is 4.65. The molecule has 27 heavy (non-hydrogen) atoms. The van der Waals surface area contributed by atoms with Crippen molar-refractivity contribution in [3.8, 4) is 11.4 Å². The smallest absolute Gasteiger partial charge is 0.283 e. The molecule has 6 nitrogen and oxygen atoms in total. The Kier molecular flexibility index (Phi) is 4.43. The van der Waals surface area contributed by atoms with E-state index in [-0.39, 0.29) is 11.2 Å². The summed E-state index contributed by atoms with van der Waals surface area (Å²) in [5, 5.41) is 12.1. The number of para-hydroxylation sites is 1. The molecule has 7 heteroatoms. The molecule has 1 N–H and O–H groups in total. The monoisotopic (exact) mass is 375 g/mol. The molecule has 1 heterocycles. The van der Waals surface area contributed by atoms with Crippen LogP contribution in [0.4, 0.5) is 5.69 Å². The molecule has 1 aromatic heterocycles. The zero-order valence-electron chi connectivity index (χ0n) is 14.0. The van der Waals surface area contributed by atoms with Crippen LogP contribution in [0, 0.1) is 10.1 Å². The Morgan fingerprint density at radius 1 is 0.963 bits per heavy atom. The Morgan fingerprint density at radius 2 is 1.70 bits per heavy atom. The number of hydrogen-bond donors (Lipinski definition) is 1. The van der Waals surface area contributed by atoms with E-state index in [2.05, 4.69) is 9.97 Å². The van der Waals surface area contributed by atoms with Crippen LogP contribution < -0.4 is 5.56 Å². The van der Waals surface area contributed by atoms with Crippen LogP contribution in [-0.4, -0.2) is 14.9 Å². The molecular weight excluding hydrogens is 362 g/mol. The van der Waals surface area contributed by atoms with Gasteiger partial charge in [-0.1, -0.05) is 42.1 Å². The first-order chi connectivity index (χ1) is 13.1. The molecule has 0 saturated heterocycles. The summed E-state index contributed by atoms with van der Waals surface area (Å²) in [6.45, 7) is 0. The van der Waals surface area contributed by atoms with Crippen molar-refractivity contribution in [1.82, 2.24) is 9.97 Å². The van der Waals surface area contributed by atoms with Crippen molar-refractivity contribution in [2.24, 2.45) is 0 Å². The van der Waals surface area contributed by atoms with Crippen molar-refractivity contribution in [3.05, 3.63) is 93.3 Å². The average Bonchev–Trinajstić information content (AvgIpc) is 2.69. The molecule has 0 fully saturated rings. The summed E-state index contributed by atoms with van der Waals surface area (Å²) in [4.78, 5) is 32.0. The number of H-pyrrole nitrogens is 1. The third kappa shape index (κ3) is 3.45. The Bertz CT molecular complexity index is 1210. The van der Waals surface area contributed by atoms with Crippen molar-refractivity contribution < 1.29 is 4.92 Å². The second-order valence-corrected chi connectivity index (χ2v) is 6.90. The lowest BCUT2D eigenvalue weighted by molar-refractivity contribution is -0.387. The minimum atomic E-state index is -0.423. The first-order valence-corrected chi connectivity index (χ1v) is 8.94. The number of hydrogen-bond acceptors (Lipinski definition) is 5. The minimum absolute atomic E-state index is 0.0304. The number of nitrogens with one attached hydrogen (secondary N) is 1.